The Bertz CT molecular complexity index is 459. The molecule has 0 aromatic rings. The van der Waals surface area contributed by atoms with E-state index < -0.39 is 37.0 Å². The molecule has 24 heavy (non-hydrogen) atoms. The van der Waals surface area contributed by atoms with Gasteiger partial charge in [-0.1, -0.05) is 0 Å². The molecule has 2 N–H and O–H groups in total. The van der Waals surface area contributed by atoms with Gasteiger partial charge in [0.15, 0.2) is 0 Å². The van der Waals surface area contributed by atoms with Gasteiger partial charge in [-0.3, -0.25) is 9.36 Å². The zero-order valence-electron chi connectivity index (χ0n) is 15.1. The van der Waals surface area contributed by atoms with Gasteiger partial charge >= 0.3 is 13.7 Å². The molecule has 0 aliphatic carbocycles. The molecule has 0 rings (SSSR count). The maximum atomic E-state index is 12.6. The summed E-state index contributed by atoms with van der Waals surface area (Å²) < 4.78 is 28.0. The Morgan fingerprint density at radius 1 is 1.12 bits per heavy atom. The highest BCUT2D eigenvalue weighted by molar-refractivity contribution is 7.54. The van der Waals surface area contributed by atoms with Gasteiger partial charge in [0.25, 0.3) is 0 Å². The lowest BCUT2D eigenvalue weighted by Crippen LogP contribution is -2.51. The molecule has 10 heteroatoms. The number of carbonyl (C=O) groups is 2. The van der Waals surface area contributed by atoms with Gasteiger partial charge < -0.3 is 24.4 Å². The maximum Gasteiger partial charge on any atom is 0.408 e. The number of amides is 2. The Balaban J connectivity index is 4.85. The Hall–Kier alpha value is -0.820. The molecule has 8 nitrogen and oxygen atoms in total. The summed E-state index contributed by atoms with van der Waals surface area (Å²) in [6, 6.07) is -1.04. The normalized spacial score (nSPS) is 14.6. The summed E-state index contributed by atoms with van der Waals surface area (Å²) in [7, 11) is -3.50. The van der Waals surface area contributed by atoms with Crippen molar-refractivity contribution in [3.63, 3.8) is 0 Å². The van der Waals surface area contributed by atoms with E-state index in [-0.39, 0.29) is 19.1 Å². The van der Waals surface area contributed by atoms with Gasteiger partial charge in [-0.2, -0.15) is 0 Å². The van der Waals surface area contributed by atoms with E-state index in [1.54, 1.807) is 34.6 Å². The number of rotatable bonds is 9. The minimum Gasteiger partial charge on any atom is -0.444 e. The van der Waals surface area contributed by atoms with Gasteiger partial charge in [0.2, 0.25) is 5.91 Å². The van der Waals surface area contributed by atoms with E-state index >= 15 is 0 Å². The van der Waals surface area contributed by atoms with Crippen molar-refractivity contribution in [2.75, 3.05) is 19.1 Å². The minimum atomic E-state index is -3.50. The Morgan fingerprint density at radius 3 is 2.00 bits per heavy atom. The highest BCUT2D eigenvalue weighted by atomic mass is 35.5. The topological polar surface area (TPSA) is 103 Å². The average Bonchev–Trinajstić information content (AvgIpc) is 2.43. The van der Waals surface area contributed by atoms with Crippen molar-refractivity contribution in [2.45, 2.75) is 59.0 Å². The van der Waals surface area contributed by atoms with Gasteiger partial charge in [-0.05, 0) is 41.5 Å². The number of ether oxygens (including phenoxy) is 1. The monoisotopic (exact) mass is 386 g/mol. The highest BCUT2D eigenvalue weighted by Gasteiger charge is 2.35. The number of alkyl halides is 1. The van der Waals surface area contributed by atoms with Crippen molar-refractivity contribution in [3.05, 3.63) is 0 Å². The van der Waals surface area contributed by atoms with Crippen LogP contribution in [0.4, 0.5) is 4.79 Å². The van der Waals surface area contributed by atoms with E-state index in [9.17, 15) is 14.2 Å². The largest absolute Gasteiger partial charge is 0.444 e. The zero-order chi connectivity index (χ0) is 19.0. The molecule has 0 aliphatic heterocycles. The molecular formula is C14H28ClN2O6P. The van der Waals surface area contributed by atoms with Crippen LogP contribution in [-0.4, -0.2) is 48.5 Å². The standard InChI is InChI=1S/C14H28ClN2O6P/c1-7-21-24(20,22-8-2)10(3)16-12(18)11(9-15)17-13(19)23-14(4,5)6/h10-11H,7-9H2,1-6H3,(H,16,18)(H,17,19)/t10?,11-/m0/s1. The number of carbonyl (C=O) groups excluding carboxylic acids is 2. The van der Waals surface area contributed by atoms with Crippen LogP contribution in [-0.2, 0) is 23.1 Å². The van der Waals surface area contributed by atoms with Crippen molar-refractivity contribution >= 4 is 31.2 Å². The number of hydrogen-bond acceptors (Lipinski definition) is 6. The van der Waals surface area contributed by atoms with Crippen LogP contribution in [0.3, 0.4) is 0 Å². The molecule has 142 valence electrons. The summed E-state index contributed by atoms with van der Waals surface area (Å²) in [6.07, 6.45) is -0.770. The van der Waals surface area contributed by atoms with Crippen LogP contribution in [0.5, 0.6) is 0 Å². The Labute approximate surface area is 148 Å². The molecule has 1 unspecified atom stereocenters. The van der Waals surface area contributed by atoms with Gasteiger partial charge in [-0.25, -0.2) is 4.79 Å². The van der Waals surface area contributed by atoms with Crippen LogP contribution in [0.15, 0.2) is 0 Å². The van der Waals surface area contributed by atoms with Gasteiger partial charge in [0.1, 0.15) is 17.4 Å². The molecule has 0 aromatic carbocycles. The lowest BCUT2D eigenvalue weighted by atomic mass is 10.2. The van der Waals surface area contributed by atoms with Crippen molar-refractivity contribution in [3.8, 4) is 0 Å². The summed E-state index contributed by atoms with van der Waals surface area (Å²) in [5.41, 5.74) is -0.704. The summed E-state index contributed by atoms with van der Waals surface area (Å²) in [5, 5.41) is 4.87. The van der Waals surface area contributed by atoms with Crippen molar-refractivity contribution in [2.24, 2.45) is 0 Å². The lowest BCUT2D eigenvalue weighted by Gasteiger charge is -2.26. The maximum absolute atomic E-state index is 12.6. The molecule has 2 amide bonds. The second-order valence-electron chi connectivity index (χ2n) is 5.91. The predicted molar refractivity (Wildman–Crippen MR) is 92.3 cm³/mol. The third-order valence-electron chi connectivity index (χ3n) is 2.61. The molecule has 0 aromatic heterocycles. The fourth-order valence-corrected chi connectivity index (χ4v) is 3.37. The van der Waals surface area contributed by atoms with E-state index in [0.29, 0.717) is 0 Å². The third kappa shape index (κ3) is 8.33. The quantitative estimate of drug-likeness (QED) is 0.466. The van der Waals surface area contributed by atoms with Crippen molar-refractivity contribution in [1.29, 1.82) is 0 Å². The molecule has 0 bridgehead atoms. The van der Waals surface area contributed by atoms with Crippen LogP contribution in [0.2, 0.25) is 0 Å². The van der Waals surface area contributed by atoms with Gasteiger partial charge in [0.05, 0.1) is 19.1 Å². The zero-order valence-corrected chi connectivity index (χ0v) is 16.7. The molecular weight excluding hydrogens is 359 g/mol. The second kappa shape index (κ2) is 10.2. The first-order valence-corrected chi connectivity index (χ1v) is 9.88. The Kier molecular flexibility index (Phi) is 9.88. The number of nitrogens with one attached hydrogen (secondary N) is 2. The van der Waals surface area contributed by atoms with Gasteiger partial charge in [-0.15, -0.1) is 11.6 Å². The fourth-order valence-electron chi connectivity index (χ4n) is 1.63. The van der Waals surface area contributed by atoms with Crippen LogP contribution < -0.4 is 10.6 Å². The molecule has 0 aliphatic rings. The van der Waals surface area contributed by atoms with E-state index in [1.165, 1.54) is 6.92 Å². The summed E-state index contributed by atoms with van der Waals surface area (Å²) in [5.74, 6) is -1.68. The number of alkyl carbamates (subject to hydrolysis) is 1. The van der Waals surface area contributed by atoms with E-state index in [0.717, 1.165) is 0 Å². The van der Waals surface area contributed by atoms with E-state index in [4.69, 9.17) is 25.4 Å². The van der Waals surface area contributed by atoms with Crippen LogP contribution >= 0.6 is 19.2 Å². The highest BCUT2D eigenvalue weighted by Crippen LogP contribution is 2.51. The summed E-state index contributed by atoms with van der Waals surface area (Å²) in [4.78, 5) is 24.0. The fraction of sp³-hybridized carbons (Fsp3) is 0.857. The summed E-state index contributed by atoms with van der Waals surface area (Å²) in [6.45, 7) is 10.3. The van der Waals surface area contributed by atoms with Crippen LogP contribution in [0, 0.1) is 0 Å². The van der Waals surface area contributed by atoms with E-state index in [2.05, 4.69) is 10.6 Å². The first-order valence-electron chi connectivity index (χ1n) is 7.73. The first kappa shape index (κ1) is 23.2. The average molecular weight is 387 g/mol. The van der Waals surface area contributed by atoms with Gasteiger partial charge in [0, 0.05) is 0 Å². The molecule has 0 saturated heterocycles. The molecule has 0 saturated carbocycles. The smallest absolute Gasteiger partial charge is 0.408 e. The third-order valence-corrected chi connectivity index (χ3v) is 5.23. The van der Waals surface area contributed by atoms with Crippen LogP contribution in [0.1, 0.15) is 41.5 Å². The molecule has 0 heterocycles. The number of halogens is 1. The molecule has 0 radical (unpaired) electrons. The van der Waals surface area contributed by atoms with Crippen LogP contribution in [0.25, 0.3) is 0 Å². The predicted octanol–water partition coefficient (Wildman–Crippen LogP) is 2.85. The second-order valence-corrected chi connectivity index (χ2v) is 8.59. The van der Waals surface area contributed by atoms with Crippen molar-refractivity contribution < 1.29 is 27.9 Å². The van der Waals surface area contributed by atoms with Crippen molar-refractivity contribution in [1.82, 2.24) is 10.6 Å². The first-order chi connectivity index (χ1) is 11.0. The van der Waals surface area contributed by atoms with E-state index in [1.807, 2.05) is 0 Å². The Morgan fingerprint density at radius 2 is 1.62 bits per heavy atom. The molecule has 0 spiro atoms. The SMILES string of the molecule is CCOP(=O)(OCC)C(C)NC(=O)[C@H](CCl)NC(=O)OC(C)(C)C. The minimum absolute atomic E-state index is 0.173. The molecule has 2 atom stereocenters. The summed E-state index contributed by atoms with van der Waals surface area (Å²) >= 11 is 5.74. The lowest BCUT2D eigenvalue weighted by molar-refractivity contribution is -0.123. The number of hydrogen-bond donors (Lipinski definition) is 2. The molecule has 0 fully saturated rings.